The number of piperidine rings is 2. The zero-order valence-corrected chi connectivity index (χ0v) is 21.9. The maximum Gasteiger partial charge on any atom is 0.225 e. The van der Waals surface area contributed by atoms with E-state index in [0.29, 0.717) is 10.9 Å². The lowest BCUT2D eigenvalue weighted by molar-refractivity contribution is -0.138. The van der Waals surface area contributed by atoms with E-state index in [-0.39, 0.29) is 17.4 Å². The van der Waals surface area contributed by atoms with Gasteiger partial charge in [-0.25, -0.2) is 0 Å². The Hall–Kier alpha value is -2.44. The molecule has 2 aromatic rings. The van der Waals surface area contributed by atoms with Crippen LogP contribution in [0.3, 0.4) is 0 Å². The van der Waals surface area contributed by atoms with Crippen molar-refractivity contribution in [3.8, 4) is 0 Å². The van der Waals surface area contributed by atoms with Gasteiger partial charge in [0.15, 0.2) is 0 Å². The first-order chi connectivity index (χ1) is 16.8. The van der Waals surface area contributed by atoms with Crippen LogP contribution in [0.15, 0.2) is 53.9 Å². The van der Waals surface area contributed by atoms with E-state index in [0.717, 1.165) is 69.7 Å². The standard InChI is InChI=1S/C28H37ClN4O2/c1-28(2,3)35-31-26(22-4-6-25(29)7-5-22)23-12-18-33(19-13-23)27(34)24-10-16-32(17-11-24)20-21-8-14-30-15-9-21/h4-9,14-15,23-24H,10-13,16-20H2,1-3H3/b31-26-. The number of pyridine rings is 1. The summed E-state index contributed by atoms with van der Waals surface area (Å²) in [5, 5.41) is 5.29. The first kappa shape index (κ1) is 25.6. The van der Waals surface area contributed by atoms with Crippen LogP contribution in [0.1, 0.15) is 57.6 Å². The van der Waals surface area contributed by atoms with E-state index < -0.39 is 0 Å². The molecule has 3 heterocycles. The average Bonchev–Trinajstić information content (AvgIpc) is 2.86. The number of amides is 1. The van der Waals surface area contributed by atoms with Crippen molar-refractivity contribution >= 4 is 23.2 Å². The highest BCUT2D eigenvalue weighted by molar-refractivity contribution is 6.30. The lowest BCUT2D eigenvalue weighted by atomic mass is 9.87. The maximum atomic E-state index is 13.3. The van der Waals surface area contributed by atoms with Gasteiger partial charge in [0.25, 0.3) is 0 Å². The van der Waals surface area contributed by atoms with Crippen molar-refractivity contribution in [3.63, 3.8) is 0 Å². The first-order valence-corrected chi connectivity index (χ1v) is 13.1. The van der Waals surface area contributed by atoms with Gasteiger partial charge >= 0.3 is 0 Å². The van der Waals surface area contributed by atoms with Gasteiger partial charge in [0.1, 0.15) is 5.60 Å². The van der Waals surface area contributed by atoms with E-state index in [1.807, 2.05) is 57.4 Å². The van der Waals surface area contributed by atoms with Crippen LogP contribution >= 0.6 is 11.6 Å². The molecule has 1 aromatic heterocycles. The number of carbonyl (C=O) groups excluding carboxylic acids is 1. The largest absolute Gasteiger partial charge is 0.390 e. The fourth-order valence-corrected chi connectivity index (χ4v) is 5.01. The number of oxime groups is 1. The molecule has 1 aromatic carbocycles. The molecule has 2 aliphatic rings. The van der Waals surface area contributed by atoms with Gasteiger partial charge in [-0.3, -0.25) is 14.7 Å². The van der Waals surface area contributed by atoms with Crippen LogP contribution in [0, 0.1) is 11.8 Å². The predicted octanol–water partition coefficient (Wildman–Crippen LogP) is 5.41. The minimum atomic E-state index is -0.361. The van der Waals surface area contributed by atoms with Crippen LogP contribution in [-0.2, 0) is 16.2 Å². The molecular weight excluding hydrogens is 460 g/mol. The molecule has 1 amide bonds. The molecule has 2 fully saturated rings. The number of rotatable bonds is 6. The fourth-order valence-electron chi connectivity index (χ4n) is 4.89. The molecular formula is C28H37ClN4O2. The van der Waals surface area contributed by atoms with Crippen LogP contribution in [0.4, 0.5) is 0 Å². The summed E-state index contributed by atoms with van der Waals surface area (Å²) < 4.78 is 0. The molecule has 0 bridgehead atoms. The zero-order chi connectivity index (χ0) is 24.8. The molecule has 0 radical (unpaired) electrons. The number of hydrogen-bond donors (Lipinski definition) is 0. The second-order valence-electron chi connectivity index (χ2n) is 10.7. The topological polar surface area (TPSA) is 58.0 Å². The third-order valence-corrected chi connectivity index (χ3v) is 7.10. The Morgan fingerprint density at radius 2 is 1.57 bits per heavy atom. The molecule has 0 N–H and O–H groups in total. The Bertz CT molecular complexity index is 988. The van der Waals surface area contributed by atoms with Gasteiger partial charge in [0.05, 0.1) is 5.71 Å². The number of hydrogen-bond acceptors (Lipinski definition) is 5. The number of nitrogens with zero attached hydrogens (tertiary/aromatic N) is 4. The summed E-state index contributed by atoms with van der Waals surface area (Å²) in [5.41, 5.74) is 2.90. The van der Waals surface area contributed by atoms with Crippen LogP contribution in [0.25, 0.3) is 0 Å². The summed E-state index contributed by atoms with van der Waals surface area (Å²) in [7, 11) is 0. The third-order valence-electron chi connectivity index (χ3n) is 6.84. The van der Waals surface area contributed by atoms with Crippen molar-refractivity contribution in [1.29, 1.82) is 0 Å². The second-order valence-corrected chi connectivity index (χ2v) is 11.1. The quantitative estimate of drug-likeness (QED) is 0.396. The zero-order valence-electron chi connectivity index (χ0n) is 21.1. The van der Waals surface area contributed by atoms with Crippen LogP contribution in [-0.4, -0.2) is 58.2 Å². The van der Waals surface area contributed by atoms with Gasteiger partial charge in [-0.2, -0.15) is 0 Å². The lowest BCUT2D eigenvalue weighted by Crippen LogP contribution is -2.46. The molecule has 6 nitrogen and oxygen atoms in total. The van der Waals surface area contributed by atoms with E-state index >= 15 is 0 Å². The molecule has 7 heteroatoms. The number of benzene rings is 1. The molecule has 35 heavy (non-hydrogen) atoms. The van der Waals surface area contributed by atoms with Crippen LogP contribution in [0.2, 0.25) is 5.02 Å². The molecule has 2 saturated heterocycles. The third kappa shape index (κ3) is 7.28. The van der Waals surface area contributed by atoms with Gasteiger partial charge in [-0.15, -0.1) is 0 Å². The van der Waals surface area contributed by atoms with Gasteiger partial charge < -0.3 is 9.74 Å². The van der Waals surface area contributed by atoms with Gasteiger partial charge in [0.2, 0.25) is 5.91 Å². The van der Waals surface area contributed by atoms with Crippen molar-refractivity contribution in [1.82, 2.24) is 14.8 Å². The highest BCUT2D eigenvalue weighted by atomic mass is 35.5. The maximum absolute atomic E-state index is 13.3. The van der Waals surface area contributed by atoms with Gasteiger partial charge in [-0.05, 0) is 94.9 Å². The van der Waals surface area contributed by atoms with Crippen LogP contribution in [0.5, 0.6) is 0 Å². The molecule has 0 saturated carbocycles. The number of carbonyl (C=O) groups is 1. The van der Waals surface area contributed by atoms with Crippen molar-refractivity contribution < 1.29 is 9.63 Å². The van der Waals surface area contributed by atoms with Gasteiger partial charge in [-0.1, -0.05) is 28.9 Å². The Morgan fingerprint density at radius 3 is 2.17 bits per heavy atom. The monoisotopic (exact) mass is 496 g/mol. The molecule has 0 spiro atoms. The van der Waals surface area contributed by atoms with E-state index in [4.69, 9.17) is 16.4 Å². The average molecular weight is 497 g/mol. The summed E-state index contributed by atoms with van der Waals surface area (Å²) in [6.07, 6.45) is 7.33. The van der Waals surface area contributed by atoms with Gasteiger partial charge in [0, 0.05) is 48.9 Å². The molecule has 0 unspecified atom stereocenters. The first-order valence-electron chi connectivity index (χ1n) is 12.7. The van der Waals surface area contributed by atoms with Crippen LogP contribution < -0.4 is 0 Å². The smallest absolute Gasteiger partial charge is 0.225 e. The molecule has 2 aliphatic heterocycles. The normalized spacial score (nSPS) is 19.1. The number of halogens is 1. The van der Waals surface area contributed by atoms with E-state index in [1.54, 1.807) is 0 Å². The Balaban J connectivity index is 1.32. The Morgan fingerprint density at radius 1 is 0.971 bits per heavy atom. The highest BCUT2D eigenvalue weighted by Crippen LogP contribution is 2.28. The lowest BCUT2D eigenvalue weighted by Gasteiger charge is -2.37. The minimum Gasteiger partial charge on any atom is -0.390 e. The SMILES string of the molecule is CC(C)(C)O/N=C(/c1ccc(Cl)cc1)C1CCN(C(=O)C2CCN(Cc3ccncc3)CC2)CC1. The molecule has 4 rings (SSSR count). The second kappa shape index (κ2) is 11.5. The Kier molecular flexibility index (Phi) is 8.45. The minimum absolute atomic E-state index is 0.133. The number of aromatic nitrogens is 1. The fraction of sp³-hybridized carbons (Fsp3) is 0.536. The predicted molar refractivity (Wildman–Crippen MR) is 140 cm³/mol. The summed E-state index contributed by atoms with van der Waals surface area (Å²) in [6, 6.07) is 11.9. The van der Waals surface area contributed by atoms with E-state index in [9.17, 15) is 4.79 Å². The van der Waals surface area contributed by atoms with E-state index in [2.05, 4.69) is 32.1 Å². The Labute approximate surface area is 214 Å². The molecule has 188 valence electrons. The van der Waals surface area contributed by atoms with Crippen molar-refractivity contribution in [2.75, 3.05) is 26.2 Å². The van der Waals surface area contributed by atoms with E-state index in [1.165, 1.54) is 5.56 Å². The van der Waals surface area contributed by atoms with Crippen molar-refractivity contribution in [2.45, 2.75) is 58.6 Å². The highest BCUT2D eigenvalue weighted by Gasteiger charge is 2.32. The number of likely N-dealkylation sites (tertiary alicyclic amines) is 2. The van der Waals surface area contributed by atoms with Crippen molar-refractivity contribution in [3.05, 3.63) is 64.9 Å². The summed E-state index contributed by atoms with van der Waals surface area (Å²) in [5.74, 6) is 0.710. The summed E-state index contributed by atoms with van der Waals surface area (Å²) >= 11 is 6.11. The molecule has 0 aliphatic carbocycles. The molecule has 0 atom stereocenters. The summed E-state index contributed by atoms with van der Waals surface area (Å²) in [6.45, 7) is 10.4. The van der Waals surface area contributed by atoms with Crippen molar-refractivity contribution in [2.24, 2.45) is 17.0 Å². The summed E-state index contributed by atoms with van der Waals surface area (Å²) in [4.78, 5) is 27.7.